The summed E-state index contributed by atoms with van der Waals surface area (Å²) >= 11 is 3.58. The van der Waals surface area contributed by atoms with Gasteiger partial charge in [-0.15, -0.1) is 11.3 Å². The second-order valence-corrected chi connectivity index (χ2v) is 5.22. The summed E-state index contributed by atoms with van der Waals surface area (Å²) in [5, 5.41) is 19.6. The number of halogens is 1. The standard InChI is InChI=1S/C8H7BINO2S/c10-4-1-2-5-6(3-4)14-8(11)7(5)9(12)13/h1-3,12-13H,11H2. The molecule has 1 aromatic heterocycles. The summed E-state index contributed by atoms with van der Waals surface area (Å²) in [7, 11) is -1.50. The van der Waals surface area contributed by atoms with Crippen molar-refractivity contribution >= 4 is 61.6 Å². The second kappa shape index (κ2) is 3.69. The largest absolute Gasteiger partial charge is 0.492 e. The van der Waals surface area contributed by atoms with Crippen LogP contribution in [0.4, 0.5) is 5.00 Å². The summed E-state index contributed by atoms with van der Waals surface area (Å²) in [5.74, 6) is 0. The molecule has 0 aliphatic rings. The summed E-state index contributed by atoms with van der Waals surface area (Å²) < 4.78 is 2.09. The van der Waals surface area contributed by atoms with Gasteiger partial charge in [0.1, 0.15) is 0 Å². The minimum absolute atomic E-state index is 0.418. The lowest BCUT2D eigenvalue weighted by Gasteiger charge is -1.98. The highest BCUT2D eigenvalue weighted by molar-refractivity contribution is 14.1. The van der Waals surface area contributed by atoms with Crippen molar-refractivity contribution in [2.45, 2.75) is 0 Å². The maximum absolute atomic E-state index is 9.14. The van der Waals surface area contributed by atoms with Crippen molar-refractivity contribution in [2.24, 2.45) is 0 Å². The van der Waals surface area contributed by atoms with Crippen LogP contribution < -0.4 is 11.2 Å². The first-order valence-corrected chi connectivity index (χ1v) is 5.82. The van der Waals surface area contributed by atoms with Gasteiger partial charge in [-0.2, -0.15) is 0 Å². The summed E-state index contributed by atoms with van der Waals surface area (Å²) in [6, 6.07) is 5.75. The maximum atomic E-state index is 9.14. The predicted octanol–water partition coefficient (Wildman–Crippen LogP) is 0.768. The molecule has 2 rings (SSSR count). The number of nitrogen functional groups attached to an aromatic ring is 1. The molecule has 1 aromatic carbocycles. The molecule has 0 bridgehead atoms. The Bertz CT molecular complexity index is 485. The van der Waals surface area contributed by atoms with Crippen LogP contribution in [0.15, 0.2) is 18.2 Å². The van der Waals surface area contributed by atoms with Gasteiger partial charge in [-0.05, 0) is 40.1 Å². The van der Waals surface area contributed by atoms with Gasteiger partial charge in [0.25, 0.3) is 0 Å². The van der Waals surface area contributed by atoms with E-state index in [2.05, 4.69) is 22.6 Å². The first-order chi connectivity index (χ1) is 6.59. The van der Waals surface area contributed by atoms with Crippen LogP contribution in [0.3, 0.4) is 0 Å². The number of anilines is 1. The molecule has 2 aromatic rings. The molecule has 4 N–H and O–H groups in total. The number of nitrogens with two attached hydrogens (primary N) is 1. The summed E-state index contributed by atoms with van der Waals surface area (Å²) in [6.45, 7) is 0. The van der Waals surface area contributed by atoms with E-state index in [-0.39, 0.29) is 0 Å². The number of benzene rings is 1. The lowest BCUT2D eigenvalue weighted by molar-refractivity contribution is 0.426. The van der Waals surface area contributed by atoms with Crippen molar-refractivity contribution in [3.8, 4) is 0 Å². The molecule has 0 atom stereocenters. The minimum atomic E-state index is -1.50. The van der Waals surface area contributed by atoms with Gasteiger partial charge >= 0.3 is 7.12 Å². The number of rotatable bonds is 1. The molecule has 0 aliphatic carbocycles. The van der Waals surface area contributed by atoms with Gasteiger partial charge in [0, 0.05) is 13.7 Å². The normalized spacial score (nSPS) is 10.8. The van der Waals surface area contributed by atoms with Crippen LogP contribution in [0, 0.1) is 3.57 Å². The van der Waals surface area contributed by atoms with Crippen LogP contribution in [-0.4, -0.2) is 17.2 Å². The highest BCUT2D eigenvalue weighted by atomic mass is 127. The molecular weight excluding hydrogens is 312 g/mol. The van der Waals surface area contributed by atoms with Gasteiger partial charge in [0.05, 0.1) is 5.00 Å². The Labute approximate surface area is 98.8 Å². The molecule has 14 heavy (non-hydrogen) atoms. The van der Waals surface area contributed by atoms with Gasteiger partial charge in [-0.1, -0.05) is 6.07 Å². The third kappa shape index (κ3) is 1.62. The van der Waals surface area contributed by atoms with Crippen LogP contribution in [0.1, 0.15) is 0 Å². The minimum Gasteiger partial charge on any atom is -0.423 e. The van der Waals surface area contributed by atoms with Gasteiger partial charge in [-0.3, -0.25) is 0 Å². The van der Waals surface area contributed by atoms with Crippen LogP contribution >= 0.6 is 33.9 Å². The van der Waals surface area contributed by atoms with Gasteiger partial charge < -0.3 is 15.8 Å². The monoisotopic (exact) mass is 319 g/mol. The van der Waals surface area contributed by atoms with E-state index in [1.807, 2.05) is 18.2 Å². The van der Waals surface area contributed by atoms with Crippen LogP contribution in [0.5, 0.6) is 0 Å². The number of thiophene rings is 1. The molecule has 0 unspecified atom stereocenters. The van der Waals surface area contributed by atoms with E-state index in [1.165, 1.54) is 11.3 Å². The third-order valence-electron chi connectivity index (χ3n) is 1.98. The molecule has 0 fully saturated rings. The summed E-state index contributed by atoms with van der Waals surface area (Å²) in [5.41, 5.74) is 6.12. The van der Waals surface area contributed by atoms with Crippen molar-refractivity contribution in [2.75, 3.05) is 5.73 Å². The van der Waals surface area contributed by atoms with E-state index >= 15 is 0 Å². The van der Waals surface area contributed by atoms with Crippen molar-refractivity contribution in [1.82, 2.24) is 0 Å². The Hall–Kier alpha value is -0.305. The van der Waals surface area contributed by atoms with Crippen LogP contribution in [-0.2, 0) is 0 Å². The van der Waals surface area contributed by atoms with Crippen LogP contribution in [0.25, 0.3) is 10.1 Å². The van der Waals surface area contributed by atoms with Crippen molar-refractivity contribution < 1.29 is 10.0 Å². The summed E-state index contributed by atoms with van der Waals surface area (Å²) in [6.07, 6.45) is 0. The zero-order valence-electron chi connectivity index (χ0n) is 7.07. The fourth-order valence-electron chi connectivity index (χ4n) is 1.38. The van der Waals surface area contributed by atoms with Crippen LogP contribution in [0.2, 0.25) is 0 Å². The van der Waals surface area contributed by atoms with E-state index in [9.17, 15) is 0 Å². The van der Waals surface area contributed by atoms with E-state index in [0.29, 0.717) is 10.5 Å². The highest BCUT2D eigenvalue weighted by Gasteiger charge is 2.20. The zero-order valence-corrected chi connectivity index (χ0v) is 10.0. The molecule has 1 heterocycles. The Morgan fingerprint density at radius 1 is 1.36 bits per heavy atom. The molecule has 0 radical (unpaired) electrons. The molecule has 72 valence electrons. The molecular formula is C8H7BINO2S. The van der Waals surface area contributed by atoms with Gasteiger partial charge in [-0.25, -0.2) is 0 Å². The van der Waals surface area contributed by atoms with E-state index in [0.717, 1.165) is 13.7 Å². The Morgan fingerprint density at radius 2 is 2.07 bits per heavy atom. The summed E-state index contributed by atoms with van der Waals surface area (Å²) in [4.78, 5) is 0. The first-order valence-electron chi connectivity index (χ1n) is 3.93. The van der Waals surface area contributed by atoms with E-state index in [4.69, 9.17) is 15.8 Å². The van der Waals surface area contributed by atoms with E-state index < -0.39 is 7.12 Å². The Morgan fingerprint density at radius 3 is 2.71 bits per heavy atom. The topological polar surface area (TPSA) is 66.5 Å². The quantitative estimate of drug-likeness (QED) is 0.537. The Balaban J connectivity index is 2.77. The fraction of sp³-hybridized carbons (Fsp3) is 0. The lowest BCUT2D eigenvalue weighted by Crippen LogP contribution is -2.31. The Kier molecular flexibility index (Phi) is 2.69. The lowest BCUT2D eigenvalue weighted by atomic mass is 9.79. The van der Waals surface area contributed by atoms with Crippen molar-refractivity contribution in [3.05, 3.63) is 21.8 Å². The van der Waals surface area contributed by atoms with Gasteiger partial charge in [0.2, 0.25) is 0 Å². The molecule has 0 spiro atoms. The van der Waals surface area contributed by atoms with E-state index in [1.54, 1.807) is 0 Å². The predicted molar refractivity (Wildman–Crippen MR) is 68.8 cm³/mol. The highest BCUT2D eigenvalue weighted by Crippen LogP contribution is 2.27. The average Bonchev–Trinajstić information content (AvgIpc) is 2.39. The van der Waals surface area contributed by atoms with Crippen molar-refractivity contribution in [3.63, 3.8) is 0 Å². The third-order valence-corrected chi connectivity index (χ3v) is 3.65. The molecule has 6 heteroatoms. The average molecular weight is 319 g/mol. The number of fused-ring (bicyclic) bond motifs is 1. The number of hydrogen-bond acceptors (Lipinski definition) is 4. The fourth-order valence-corrected chi connectivity index (χ4v) is 3.11. The number of hydrogen-bond donors (Lipinski definition) is 3. The molecule has 0 amide bonds. The van der Waals surface area contributed by atoms with Gasteiger partial charge in [0.15, 0.2) is 0 Å². The molecule has 0 saturated heterocycles. The molecule has 3 nitrogen and oxygen atoms in total. The maximum Gasteiger partial charge on any atom is 0.492 e. The first kappa shape index (κ1) is 10.2. The SMILES string of the molecule is Nc1sc2cc(I)ccc2c1B(O)O. The zero-order chi connectivity index (χ0) is 10.3. The smallest absolute Gasteiger partial charge is 0.423 e. The molecule has 0 saturated carbocycles. The molecule has 0 aliphatic heterocycles. The van der Waals surface area contributed by atoms with Crippen molar-refractivity contribution in [1.29, 1.82) is 0 Å². The second-order valence-electron chi connectivity index (χ2n) is 2.89.